The SMILES string of the molecule is Cn1cc(-c2cccc(NS(=O)c3cc(Cl)cc(CN)c3Cl)c2F)c2c(N)ncnc21. The number of fused-ring (bicyclic) bond motifs is 1. The number of nitrogens with two attached hydrogens (primary N) is 2. The van der Waals surface area contributed by atoms with Gasteiger partial charge in [0.1, 0.15) is 17.8 Å². The lowest BCUT2D eigenvalue weighted by Gasteiger charge is -2.13. The van der Waals surface area contributed by atoms with Crippen molar-refractivity contribution in [1.82, 2.24) is 14.5 Å². The van der Waals surface area contributed by atoms with E-state index in [2.05, 4.69) is 14.7 Å². The number of rotatable bonds is 5. The van der Waals surface area contributed by atoms with Gasteiger partial charge in [0.15, 0.2) is 16.8 Å². The van der Waals surface area contributed by atoms with Crippen molar-refractivity contribution in [2.75, 3.05) is 10.5 Å². The van der Waals surface area contributed by atoms with Gasteiger partial charge in [0.2, 0.25) is 0 Å². The van der Waals surface area contributed by atoms with E-state index in [1.165, 1.54) is 18.5 Å². The van der Waals surface area contributed by atoms with Crippen LogP contribution in [0.4, 0.5) is 15.9 Å². The average molecular weight is 479 g/mol. The summed E-state index contributed by atoms with van der Waals surface area (Å²) in [7, 11) is -0.105. The molecule has 0 bridgehead atoms. The Morgan fingerprint density at radius 3 is 2.74 bits per heavy atom. The number of benzene rings is 2. The summed E-state index contributed by atoms with van der Waals surface area (Å²) in [6, 6.07) is 7.77. The summed E-state index contributed by atoms with van der Waals surface area (Å²) in [5.41, 5.74) is 13.6. The third-order valence-corrected chi connectivity index (χ3v) is 6.68. The molecule has 2 heterocycles. The number of aromatic nitrogens is 3. The number of nitrogen functional groups attached to an aromatic ring is 1. The van der Waals surface area contributed by atoms with Gasteiger partial charge in [-0.2, -0.15) is 0 Å². The summed E-state index contributed by atoms with van der Waals surface area (Å²) in [6.07, 6.45) is 3.07. The van der Waals surface area contributed by atoms with Gasteiger partial charge in [0, 0.05) is 35.9 Å². The van der Waals surface area contributed by atoms with Gasteiger partial charge in [0.05, 0.1) is 21.0 Å². The smallest absolute Gasteiger partial charge is 0.155 e. The van der Waals surface area contributed by atoms with E-state index in [0.29, 0.717) is 27.2 Å². The second-order valence-electron chi connectivity index (χ2n) is 6.73. The first kappa shape index (κ1) is 21.5. The summed E-state index contributed by atoms with van der Waals surface area (Å²) >= 11 is 12.4. The van der Waals surface area contributed by atoms with Crippen LogP contribution in [0.1, 0.15) is 5.56 Å². The molecule has 2 aromatic heterocycles. The fourth-order valence-electron chi connectivity index (χ4n) is 3.31. The molecule has 31 heavy (non-hydrogen) atoms. The van der Waals surface area contributed by atoms with Gasteiger partial charge >= 0.3 is 0 Å². The van der Waals surface area contributed by atoms with Gasteiger partial charge in [-0.3, -0.25) is 4.72 Å². The Bertz CT molecular complexity index is 1340. The molecular weight excluding hydrogens is 462 g/mol. The van der Waals surface area contributed by atoms with Crippen LogP contribution >= 0.6 is 23.2 Å². The number of nitrogens with zero attached hydrogens (tertiary/aromatic N) is 3. The van der Waals surface area contributed by atoms with Gasteiger partial charge in [-0.15, -0.1) is 0 Å². The van der Waals surface area contributed by atoms with E-state index in [-0.39, 0.29) is 33.5 Å². The van der Waals surface area contributed by atoms with Gasteiger partial charge < -0.3 is 16.0 Å². The molecule has 0 aliphatic carbocycles. The van der Waals surface area contributed by atoms with Gasteiger partial charge in [-0.05, 0) is 23.8 Å². The molecular formula is C20H17Cl2FN6OS. The molecule has 0 saturated heterocycles. The molecule has 0 aliphatic rings. The normalized spacial score (nSPS) is 12.3. The minimum absolute atomic E-state index is 0.0218. The second-order valence-corrected chi connectivity index (χ2v) is 8.73. The van der Waals surface area contributed by atoms with Crippen LogP contribution in [0, 0.1) is 5.82 Å². The van der Waals surface area contributed by atoms with Crippen molar-refractivity contribution < 1.29 is 8.60 Å². The molecule has 0 radical (unpaired) electrons. The number of hydrogen-bond donors (Lipinski definition) is 3. The Morgan fingerprint density at radius 1 is 1.23 bits per heavy atom. The van der Waals surface area contributed by atoms with Crippen molar-refractivity contribution in [3.63, 3.8) is 0 Å². The third-order valence-electron chi connectivity index (χ3n) is 4.77. The number of aryl methyl sites for hydroxylation is 1. The fraction of sp³-hybridized carbons (Fsp3) is 0.100. The van der Waals surface area contributed by atoms with E-state index in [0.717, 1.165) is 0 Å². The molecule has 7 nitrogen and oxygen atoms in total. The highest BCUT2D eigenvalue weighted by Gasteiger charge is 2.20. The van der Waals surface area contributed by atoms with E-state index in [1.54, 1.807) is 36.0 Å². The van der Waals surface area contributed by atoms with E-state index in [4.69, 9.17) is 34.7 Å². The second kappa shape index (κ2) is 8.43. The molecule has 5 N–H and O–H groups in total. The zero-order valence-corrected chi connectivity index (χ0v) is 18.5. The van der Waals surface area contributed by atoms with E-state index in [9.17, 15) is 4.21 Å². The van der Waals surface area contributed by atoms with Crippen LogP contribution in [-0.2, 0) is 24.6 Å². The molecule has 0 saturated carbocycles. The first-order valence-electron chi connectivity index (χ1n) is 9.02. The number of halogens is 3. The molecule has 0 fully saturated rings. The number of anilines is 2. The maximum atomic E-state index is 15.5. The lowest BCUT2D eigenvalue weighted by molar-refractivity contribution is 0.635. The predicted octanol–water partition coefficient (Wildman–Crippen LogP) is 4.26. The molecule has 0 aliphatic heterocycles. The van der Waals surface area contributed by atoms with Crippen molar-refractivity contribution in [3.05, 3.63) is 64.3 Å². The Morgan fingerprint density at radius 2 is 2.00 bits per heavy atom. The zero-order valence-electron chi connectivity index (χ0n) is 16.2. The van der Waals surface area contributed by atoms with Gasteiger partial charge in [-0.25, -0.2) is 18.6 Å². The molecule has 0 amide bonds. The van der Waals surface area contributed by atoms with Gasteiger partial charge in [-0.1, -0.05) is 35.3 Å². The lowest BCUT2D eigenvalue weighted by Crippen LogP contribution is -2.09. The monoisotopic (exact) mass is 478 g/mol. The van der Waals surface area contributed by atoms with Crippen molar-refractivity contribution in [2.45, 2.75) is 11.4 Å². The zero-order chi connectivity index (χ0) is 22.3. The van der Waals surface area contributed by atoms with Crippen LogP contribution in [-0.4, -0.2) is 18.7 Å². The van der Waals surface area contributed by atoms with E-state index < -0.39 is 16.8 Å². The predicted molar refractivity (Wildman–Crippen MR) is 123 cm³/mol. The summed E-state index contributed by atoms with van der Waals surface area (Å²) in [6.45, 7) is 0.123. The van der Waals surface area contributed by atoms with Gasteiger partial charge in [0.25, 0.3) is 0 Å². The average Bonchev–Trinajstić information content (AvgIpc) is 3.08. The maximum Gasteiger partial charge on any atom is 0.155 e. The van der Waals surface area contributed by atoms with Crippen LogP contribution in [0.3, 0.4) is 0 Å². The molecule has 1 atom stereocenters. The highest BCUT2D eigenvalue weighted by Crippen LogP contribution is 2.36. The van der Waals surface area contributed by atoms with Crippen LogP contribution < -0.4 is 16.2 Å². The maximum absolute atomic E-state index is 15.5. The van der Waals surface area contributed by atoms with Crippen LogP contribution in [0.5, 0.6) is 0 Å². The standard InChI is InChI=1S/C20H17Cl2FN6OS/c1-29-8-13(16-19(25)26-9-27-20(16)29)12-3-2-4-14(18(12)23)28-31(30)15-6-11(21)5-10(7-24)17(15)22/h2-6,8-9,28H,7,24H2,1H3,(H2,25,26,27). The van der Waals surface area contributed by atoms with Crippen LogP contribution in [0.25, 0.3) is 22.2 Å². The largest absolute Gasteiger partial charge is 0.383 e. The molecule has 2 aromatic carbocycles. The highest BCUT2D eigenvalue weighted by molar-refractivity contribution is 7.86. The first-order chi connectivity index (χ1) is 14.8. The minimum Gasteiger partial charge on any atom is -0.383 e. The summed E-state index contributed by atoms with van der Waals surface area (Å²) < 4.78 is 32.8. The molecule has 0 spiro atoms. The Kier molecular flexibility index (Phi) is 5.85. The number of nitrogens with one attached hydrogen (secondary N) is 1. The molecule has 4 rings (SSSR count). The summed E-state index contributed by atoms with van der Waals surface area (Å²) in [5.74, 6) is -0.370. The summed E-state index contributed by atoms with van der Waals surface area (Å²) in [4.78, 5) is 8.43. The van der Waals surface area contributed by atoms with E-state index in [1.807, 2.05) is 0 Å². The van der Waals surface area contributed by atoms with Crippen molar-refractivity contribution in [1.29, 1.82) is 0 Å². The first-order valence-corrected chi connectivity index (χ1v) is 10.9. The lowest BCUT2D eigenvalue weighted by atomic mass is 10.0. The fourth-order valence-corrected chi connectivity index (χ4v) is 5.01. The quantitative estimate of drug-likeness (QED) is 0.396. The molecule has 11 heteroatoms. The van der Waals surface area contributed by atoms with Crippen LogP contribution in [0.15, 0.2) is 47.8 Å². The van der Waals surface area contributed by atoms with E-state index >= 15 is 4.39 Å². The van der Waals surface area contributed by atoms with Crippen molar-refractivity contribution in [3.8, 4) is 11.1 Å². The van der Waals surface area contributed by atoms with Crippen molar-refractivity contribution in [2.24, 2.45) is 12.8 Å². The molecule has 1 unspecified atom stereocenters. The van der Waals surface area contributed by atoms with Crippen molar-refractivity contribution >= 4 is 56.7 Å². The minimum atomic E-state index is -1.89. The topological polar surface area (TPSA) is 112 Å². The molecule has 4 aromatic rings. The Hall–Kier alpha value is -2.72. The third kappa shape index (κ3) is 3.85. The molecule has 160 valence electrons. The Labute approximate surface area is 189 Å². The van der Waals surface area contributed by atoms with Crippen LogP contribution in [0.2, 0.25) is 10.0 Å². The summed E-state index contributed by atoms with van der Waals surface area (Å²) in [5, 5.41) is 1.08. The number of hydrogen-bond acceptors (Lipinski definition) is 5. The highest BCUT2D eigenvalue weighted by atomic mass is 35.5. The Balaban J connectivity index is 1.77.